The summed E-state index contributed by atoms with van der Waals surface area (Å²) in [6.07, 6.45) is 8.46. The van der Waals surface area contributed by atoms with Crippen molar-refractivity contribution in [1.82, 2.24) is 14.8 Å². The number of carbonyl (C=O) groups is 1. The van der Waals surface area contributed by atoms with Crippen LogP contribution in [0.5, 0.6) is 5.75 Å². The average molecular weight is 377 g/mol. The fourth-order valence-electron chi connectivity index (χ4n) is 3.68. The number of benzene rings is 1. The smallest absolute Gasteiger partial charge is 0.230 e. The van der Waals surface area contributed by atoms with Gasteiger partial charge in [0.25, 0.3) is 0 Å². The summed E-state index contributed by atoms with van der Waals surface area (Å²) in [6.45, 7) is 2.88. The molecule has 3 aromatic rings. The van der Waals surface area contributed by atoms with E-state index in [1.807, 2.05) is 48.1 Å². The van der Waals surface area contributed by atoms with Gasteiger partial charge in [-0.1, -0.05) is 6.42 Å². The van der Waals surface area contributed by atoms with Crippen molar-refractivity contribution in [1.29, 1.82) is 0 Å². The van der Waals surface area contributed by atoms with E-state index in [4.69, 9.17) is 4.74 Å². The number of aryl methyl sites for hydroxylation is 1. The van der Waals surface area contributed by atoms with Gasteiger partial charge >= 0.3 is 0 Å². The zero-order valence-corrected chi connectivity index (χ0v) is 16.3. The molecule has 0 unspecified atom stereocenters. The Labute approximate surface area is 164 Å². The van der Waals surface area contributed by atoms with Gasteiger partial charge in [0.1, 0.15) is 11.6 Å². The first-order valence-corrected chi connectivity index (χ1v) is 9.79. The fraction of sp³-hybridized carbons (Fsp3) is 0.364. The van der Waals surface area contributed by atoms with Gasteiger partial charge in [-0.3, -0.25) is 4.79 Å². The van der Waals surface area contributed by atoms with Crippen LogP contribution in [0.1, 0.15) is 48.4 Å². The van der Waals surface area contributed by atoms with E-state index in [1.165, 1.54) is 12.8 Å². The second-order valence-electron chi connectivity index (χ2n) is 7.20. The third-order valence-corrected chi connectivity index (χ3v) is 5.42. The summed E-state index contributed by atoms with van der Waals surface area (Å²) in [4.78, 5) is 12.8. The predicted molar refractivity (Wildman–Crippen MR) is 105 cm³/mol. The molecule has 0 aliphatic carbocycles. The van der Waals surface area contributed by atoms with Crippen molar-refractivity contribution in [2.45, 2.75) is 45.2 Å². The van der Waals surface area contributed by atoms with Crippen molar-refractivity contribution in [3.8, 4) is 17.1 Å². The van der Waals surface area contributed by atoms with Crippen LogP contribution in [0.25, 0.3) is 11.4 Å². The van der Waals surface area contributed by atoms with Gasteiger partial charge in [0.05, 0.1) is 7.11 Å². The highest BCUT2D eigenvalue weighted by Crippen LogP contribution is 2.22. The summed E-state index contributed by atoms with van der Waals surface area (Å²) >= 11 is 0. The molecule has 1 atom stereocenters. The van der Waals surface area contributed by atoms with Crippen molar-refractivity contribution < 1.29 is 14.1 Å². The van der Waals surface area contributed by atoms with E-state index < -0.39 is 0 Å². The van der Waals surface area contributed by atoms with E-state index >= 15 is 0 Å². The molecule has 0 spiro atoms. The number of methoxy groups -OCH3 is 1. The first-order chi connectivity index (χ1) is 13.7. The number of aromatic nitrogens is 4. The number of fused-ring (bicyclic) bond motifs is 1. The minimum absolute atomic E-state index is 0.0664. The molecule has 1 aromatic carbocycles. The monoisotopic (exact) mass is 377 g/mol. The van der Waals surface area contributed by atoms with Crippen molar-refractivity contribution in [2.75, 3.05) is 7.11 Å². The largest absolute Gasteiger partial charge is 0.497 e. The van der Waals surface area contributed by atoms with Crippen LogP contribution < -0.4 is 9.30 Å². The number of hydrogen-bond donors (Lipinski definition) is 0. The third-order valence-electron chi connectivity index (χ3n) is 5.42. The van der Waals surface area contributed by atoms with Gasteiger partial charge in [-0.15, -0.1) is 10.2 Å². The summed E-state index contributed by atoms with van der Waals surface area (Å²) < 4.78 is 9.32. The number of rotatable bonds is 5. The van der Waals surface area contributed by atoms with Crippen molar-refractivity contribution >= 4 is 5.78 Å². The maximum Gasteiger partial charge on any atom is 0.230 e. The van der Waals surface area contributed by atoms with Crippen LogP contribution in [-0.2, 0) is 13.0 Å². The molecule has 0 fully saturated rings. The van der Waals surface area contributed by atoms with Crippen LogP contribution in [0.3, 0.4) is 0 Å². The van der Waals surface area contributed by atoms with Gasteiger partial charge in [0.2, 0.25) is 11.8 Å². The maximum atomic E-state index is 12.8. The minimum Gasteiger partial charge on any atom is -0.497 e. The molecule has 4 rings (SSSR count). The highest BCUT2D eigenvalue weighted by Gasteiger charge is 2.24. The molecule has 1 aliphatic heterocycles. The van der Waals surface area contributed by atoms with Crippen LogP contribution in [-0.4, -0.2) is 27.7 Å². The number of pyridine rings is 1. The first kappa shape index (κ1) is 18.3. The summed E-state index contributed by atoms with van der Waals surface area (Å²) in [5, 5.41) is 8.78. The quantitative estimate of drug-likeness (QED) is 0.505. The summed E-state index contributed by atoms with van der Waals surface area (Å²) in [6, 6.07) is 11.0. The lowest BCUT2D eigenvalue weighted by molar-refractivity contribution is -0.704. The topological polar surface area (TPSA) is 60.9 Å². The van der Waals surface area contributed by atoms with Crippen molar-refractivity contribution in [3.05, 3.63) is 60.2 Å². The van der Waals surface area contributed by atoms with Gasteiger partial charge in [0, 0.05) is 43.1 Å². The second kappa shape index (κ2) is 7.92. The Morgan fingerprint density at radius 2 is 1.82 bits per heavy atom. The van der Waals surface area contributed by atoms with E-state index in [9.17, 15) is 4.79 Å². The number of Topliss-reactive ketones (excluding diaryl/α,β-unsaturated/α-hetero) is 1. The third kappa shape index (κ3) is 3.54. The van der Waals surface area contributed by atoms with Gasteiger partial charge in [0.15, 0.2) is 18.2 Å². The summed E-state index contributed by atoms with van der Waals surface area (Å²) in [5.41, 5.74) is 1.70. The Morgan fingerprint density at radius 1 is 1.07 bits per heavy atom. The highest BCUT2D eigenvalue weighted by molar-refractivity contribution is 5.97. The molecule has 1 aliphatic rings. The van der Waals surface area contributed by atoms with E-state index in [2.05, 4.69) is 14.8 Å². The van der Waals surface area contributed by atoms with Gasteiger partial charge in [-0.05, 0) is 37.1 Å². The zero-order chi connectivity index (χ0) is 19.5. The first-order valence-electron chi connectivity index (χ1n) is 9.79. The molecule has 28 heavy (non-hydrogen) atoms. The number of hydrogen-bond acceptors (Lipinski definition) is 4. The second-order valence-corrected chi connectivity index (χ2v) is 7.20. The molecule has 0 radical (unpaired) electrons. The van der Waals surface area contributed by atoms with E-state index in [0.29, 0.717) is 5.56 Å². The fourth-order valence-corrected chi connectivity index (χ4v) is 3.68. The Morgan fingerprint density at radius 3 is 2.54 bits per heavy atom. The zero-order valence-electron chi connectivity index (χ0n) is 16.3. The molecule has 2 aromatic heterocycles. The standard InChI is InChI=1S/C22H25N4O2/c1-16(21(27)17-7-9-19(28-2)10-8-17)25-14-11-18(12-15-25)22-24-23-20-6-4-3-5-13-26(20)22/h7-12,14-16H,3-6,13H2,1-2H3/q+1/t16-/m0/s1. The van der Waals surface area contributed by atoms with Gasteiger partial charge < -0.3 is 9.30 Å². The average Bonchev–Trinajstić information content (AvgIpc) is 3.01. The summed E-state index contributed by atoms with van der Waals surface area (Å²) in [5.74, 6) is 2.80. The summed E-state index contributed by atoms with van der Waals surface area (Å²) in [7, 11) is 1.62. The van der Waals surface area contributed by atoms with Crippen LogP contribution in [0, 0.1) is 0 Å². The Bertz CT molecular complexity index is 961. The number of carbonyl (C=O) groups excluding carboxylic acids is 1. The minimum atomic E-state index is -0.294. The predicted octanol–water partition coefficient (Wildman–Crippen LogP) is 3.41. The van der Waals surface area contributed by atoms with E-state index in [0.717, 1.165) is 42.3 Å². The molecule has 6 heteroatoms. The maximum absolute atomic E-state index is 12.8. The van der Waals surface area contributed by atoms with Crippen LogP contribution in [0.2, 0.25) is 0 Å². The number of ketones is 1. The Hall–Kier alpha value is -3.02. The van der Waals surface area contributed by atoms with Gasteiger partial charge in [-0.2, -0.15) is 4.57 Å². The van der Waals surface area contributed by atoms with Gasteiger partial charge in [-0.25, -0.2) is 0 Å². The van der Waals surface area contributed by atoms with Crippen molar-refractivity contribution in [2.24, 2.45) is 0 Å². The lowest BCUT2D eigenvalue weighted by atomic mass is 10.0. The molecule has 3 heterocycles. The molecule has 6 nitrogen and oxygen atoms in total. The van der Waals surface area contributed by atoms with Crippen molar-refractivity contribution in [3.63, 3.8) is 0 Å². The van der Waals surface area contributed by atoms with E-state index in [-0.39, 0.29) is 11.8 Å². The molecule has 0 saturated carbocycles. The van der Waals surface area contributed by atoms with Crippen LogP contribution in [0.4, 0.5) is 0 Å². The number of nitrogens with zero attached hydrogens (tertiary/aromatic N) is 4. The van der Waals surface area contributed by atoms with Crippen LogP contribution in [0.15, 0.2) is 48.8 Å². The Kier molecular flexibility index (Phi) is 5.19. The molecule has 144 valence electrons. The molecule has 0 saturated heterocycles. The molecular weight excluding hydrogens is 352 g/mol. The molecule has 0 amide bonds. The highest BCUT2D eigenvalue weighted by atomic mass is 16.5. The molecule has 0 N–H and O–H groups in total. The lowest BCUT2D eigenvalue weighted by Gasteiger charge is -2.09. The van der Waals surface area contributed by atoms with Crippen LogP contribution >= 0.6 is 0 Å². The number of ether oxygens (including phenoxy) is 1. The SMILES string of the molecule is COc1ccc(C(=O)[C@H](C)[n+]2ccc(-c3nnc4n3CCCCC4)cc2)cc1. The molecular formula is C22H25N4O2+. The normalized spacial score (nSPS) is 14.8. The molecule has 0 bridgehead atoms. The lowest BCUT2D eigenvalue weighted by Crippen LogP contribution is -2.41. The van der Waals surface area contributed by atoms with E-state index in [1.54, 1.807) is 19.2 Å². The Balaban J connectivity index is 1.54.